The molecule has 0 aliphatic carbocycles. The van der Waals surface area contributed by atoms with Crippen molar-refractivity contribution in [3.05, 3.63) is 72.8 Å². The number of benzene rings is 4. The van der Waals surface area contributed by atoms with Gasteiger partial charge in [0.1, 0.15) is 0 Å². The molecular weight excluding hydrogens is 327 g/mol. The highest BCUT2D eigenvalue weighted by molar-refractivity contribution is 6.39. The van der Waals surface area contributed by atoms with Crippen molar-refractivity contribution in [3.63, 3.8) is 0 Å². The summed E-state index contributed by atoms with van der Waals surface area (Å²) in [7, 11) is 1.64. The van der Waals surface area contributed by atoms with Crippen molar-refractivity contribution in [1.82, 2.24) is 0 Å². The summed E-state index contributed by atoms with van der Waals surface area (Å²) in [5, 5.41) is 4.68. The third-order valence-corrected chi connectivity index (χ3v) is 5.95. The maximum Gasteiger partial charge on any atom is 0.748 e. The summed E-state index contributed by atoms with van der Waals surface area (Å²) >= 11 is -2.29. The molecule has 4 heteroatoms. The Labute approximate surface area is 150 Å². The van der Waals surface area contributed by atoms with Crippen LogP contribution in [0.2, 0.25) is 0 Å². The minimum atomic E-state index is -2.29. The number of rotatable bonds is 1. The van der Waals surface area contributed by atoms with Gasteiger partial charge in [-0.15, -0.1) is 0 Å². The van der Waals surface area contributed by atoms with Gasteiger partial charge in [-0.3, -0.25) is 0 Å². The van der Waals surface area contributed by atoms with E-state index in [9.17, 15) is 0 Å². The van der Waals surface area contributed by atoms with Gasteiger partial charge in [0, 0.05) is 11.1 Å². The van der Waals surface area contributed by atoms with Gasteiger partial charge in [0.05, 0.1) is 11.5 Å². The molecule has 0 atom stereocenters. The molecule has 0 aromatic heterocycles. The predicted octanol–water partition coefficient (Wildman–Crippen LogP) is 5.06. The molecule has 25 heavy (non-hydrogen) atoms. The Morgan fingerprint density at radius 3 is 1.60 bits per heavy atom. The first kappa shape index (κ1) is 14.8. The molecule has 1 aliphatic rings. The summed E-state index contributed by atoms with van der Waals surface area (Å²) in [5.74, 6) is 1.65. The van der Waals surface area contributed by atoms with E-state index < -0.39 is 15.1 Å². The van der Waals surface area contributed by atoms with Gasteiger partial charge >= 0.3 is 15.1 Å². The van der Waals surface area contributed by atoms with Crippen molar-refractivity contribution < 1.29 is 11.4 Å². The Bertz CT molecular complexity index is 1020. The van der Waals surface area contributed by atoms with E-state index in [1.807, 2.05) is 12.1 Å². The fraction of sp³-hybridized carbons (Fsp3) is 0.0476. The molecule has 0 amide bonds. The highest BCUT2D eigenvalue weighted by atomic mass is 27.3. The summed E-state index contributed by atoms with van der Waals surface area (Å²) in [5.41, 5.74) is 2.16. The Hall–Kier alpha value is -2.51. The minimum Gasteiger partial charge on any atom is -0.764 e. The molecule has 0 saturated carbocycles. The average molecular weight is 342 g/mol. The van der Waals surface area contributed by atoms with Gasteiger partial charge < -0.3 is 11.4 Å². The maximum absolute atomic E-state index is 6.14. The van der Waals surface area contributed by atoms with Gasteiger partial charge in [-0.25, -0.2) is 0 Å². The lowest BCUT2D eigenvalue weighted by atomic mass is 9.92. The molecule has 0 bridgehead atoms. The van der Waals surface area contributed by atoms with Crippen molar-refractivity contribution in [1.29, 1.82) is 0 Å². The van der Waals surface area contributed by atoms with E-state index in [1.54, 1.807) is 7.11 Å². The Kier molecular flexibility index (Phi) is 3.43. The van der Waals surface area contributed by atoms with Crippen LogP contribution < -0.4 is 7.58 Å². The van der Waals surface area contributed by atoms with Gasteiger partial charge in [-0.2, -0.15) is 0 Å². The molecule has 1 radical (unpaired) electrons. The van der Waals surface area contributed by atoms with Crippen LogP contribution in [-0.2, 0) is 3.79 Å². The van der Waals surface area contributed by atoms with Crippen LogP contribution in [0.3, 0.4) is 0 Å². The molecule has 0 N–H and O–H groups in total. The molecule has 3 nitrogen and oxygen atoms in total. The third-order valence-electron chi connectivity index (χ3n) is 4.67. The van der Waals surface area contributed by atoms with Gasteiger partial charge in [-0.05, 0) is 40.8 Å². The predicted molar refractivity (Wildman–Crippen MR) is 101 cm³/mol. The molecule has 5 rings (SSSR count). The highest BCUT2D eigenvalue weighted by Gasteiger charge is 2.25. The molecule has 0 spiro atoms. The average Bonchev–Trinajstić information content (AvgIpc) is 2.84. The zero-order valence-corrected chi connectivity index (χ0v) is 14.9. The smallest absolute Gasteiger partial charge is 0.748 e. The number of fused-ring (bicyclic) bond motifs is 7. The first-order chi connectivity index (χ1) is 12.3. The maximum atomic E-state index is 6.14. The van der Waals surface area contributed by atoms with Crippen molar-refractivity contribution >= 4 is 36.7 Å². The fourth-order valence-electron chi connectivity index (χ4n) is 3.54. The molecule has 0 saturated heterocycles. The van der Waals surface area contributed by atoms with E-state index in [-0.39, 0.29) is 0 Å². The van der Waals surface area contributed by atoms with Crippen LogP contribution in [0, 0.1) is 0 Å². The van der Waals surface area contributed by atoms with Crippen molar-refractivity contribution in [2.75, 3.05) is 7.11 Å². The second-order valence-corrected chi connectivity index (χ2v) is 7.60. The van der Waals surface area contributed by atoms with Crippen molar-refractivity contribution in [2.45, 2.75) is 0 Å². The number of hydrogen-bond donors (Lipinski definition) is 0. The quantitative estimate of drug-likeness (QED) is 0.452. The van der Waals surface area contributed by atoms with Crippen molar-refractivity contribution in [3.8, 4) is 22.6 Å². The first-order valence-corrected chi connectivity index (χ1v) is 9.66. The zero-order chi connectivity index (χ0) is 16.8. The van der Waals surface area contributed by atoms with E-state index in [4.69, 9.17) is 11.4 Å². The van der Waals surface area contributed by atoms with E-state index in [0.717, 1.165) is 33.4 Å². The fourth-order valence-corrected chi connectivity index (χ4v) is 4.59. The van der Waals surface area contributed by atoms with E-state index in [2.05, 4.69) is 60.7 Å². The second-order valence-electron chi connectivity index (χ2n) is 6.08. The summed E-state index contributed by atoms with van der Waals surface area (Å²) in [6.45, 7) is 0. The monoisotopic (exact) mass is 342 g/mol. The first-order valence-electron chi connectivity index (χ1n) is 8.25. The topological polar surface area (TPSA) is 27.7 Å². The standard InChI is InChI=1S/C20H14O2.CH3O.Al/c21-17-11-9-13-5-1-3-7-15(13)19(17)20-16-8-4-2-6-14(16)10-12-18(20)22;1-2;/h1-12,21-22H;1H3;/q;-1;+2/p-2. The lowest BCUT2D eigenvalue weighted by Crippen LogP contribution is -2.31. The Morgan fingerprint density at radius 2 is 1.12 bits per heavy atom. The second kappa shape index (κ2) is 5.79. The third kappa shape index (κ3) is 2.31. The molecule has 0 unspecified atom stereocenters. The molecule has 1 heterocycles. The van der Waals surface area contributed by atoms with E-state index >= 15 is 0 Å². The Morgan fingerprint density at radius 1 is 0.640 bits per heavy atom. The van der Waals surface area contributed by atoms with Crippen LogP contribution in [0.4, 0.5) is 0 Å². The van der Waals surface area contributed by atoms with Crippen LogP contribution in [0.15, 0.2) is 72.8 Å². The normalized spacial score (nSPS) is 13.6. The Balaban J connectivity index is 1.97. The molecule has 4 aromatic rings. The summed E-state index contributed by atoms with van der Waals surface area (Å²) in [6, 6.07) is 25.0. The van der Waals surface area contributed by atoms with Crippen LogP contribution >= 0.6 is 0 Å². The SMILES string of the molecule is C[O][Al-]1[O]c2ccc3ccccc3c2-c2c(ccc3ccccc23)[O]1. The van der Waals surface area contributed by atoms with E-state index in [0.29, 0.717) is 0 Å². The summed E-state index contributed by atoms with van der Waals surface area (Å²) in [6.07, 6.45) is 0. The van der Waals surface area contributed by atoms with Gasteiger partial charge in [0.2, 0.25) is 0 Å². The van der Waals surface area contributed by atoms with E-state index in [1.165, 1.54) is 10.8 Å². The molecular formula is C21H15AlO3-. The molecule has 4 aromatic carbocycles. The number of hydrogen-bond acceptors (Lipinski definition) is 3. The largest absolute Gasteiger partial charge is 0.764 e. The highest BCUT2D eigenvalue weighted by Crippen LogP contribution is 2.47. The van der Waals surface area contributed by atoms with Crippen LogP contribution in [-0.4, -0.2) is 22.3 Å². The van der Waals surface area contributed by atoms with Crippen LogP contribution in [0.25, 0.3) is 32.7 Å². The zero-order valence-electron chi connectivity index (χ0n) is 13.7. The van der Waals surface area contributed by atoms with Crippen LogP contribution in [0.5, 0.6) is 11.5 Å². The van der Waals surface area contributed by atoms with Gasteiger partial charge in [0.25, 0.3) is 0 Å². The minimum absolute atomic E-state index is 0.826. The van der Waals surface area contributed by atoms with Crippen molar-refractivity contribution in [2.24, 2.45) is 0 Å². The molecule has 0 fully saturated rings. The lowest BCUT2D eigenvalue weighted by Gasteiger charge is -2.26. The van der Waals surface area contributed by atoms with Gasteiger partial charge in [0.15, 0.2) is 0 Å². The molecule has 1 aliphatic heterocycles. The summed E-state index contributed by atoms with van der Waals surface area (Å²) < 4.78 is 17.8. The van der Waals surface area contributed by atoms with Gasteiger partial charge in [-0.1, -0.05) is 60.7 Å². The van der Waals surface area contributed by atoms with Crippen LogP contribution in [0.1, 0.15) is 0 Å². The molecule has 121 valence electrons. The lowest BCUT2D eigenvalue weighted by molar-refractivity contribution is 0.250. The summed E-state index contributed by atoms with van der Waals surface area (Å²) in [4.78, 5) is 0.